The quantitative estimate of drug-likeness (QED) is 0.603. The van der Waals surface area contributed by atoms with Gasteiger partial charge in [0, 0.05) is 49.0 Å². The number of rotatable bonds is 3. The maximum atomic E-state index is 11.7. The third-order valence-corrected chi connectivity index (χ3v) is 7.90. The van der Waals surface area contributed by atoms with Crippen molar-refractivity contribution in [3.8, 4) is 27.4 Å². The van der Waals surface area contributed by atoms with E-state index in [1.807, 2.05) is 12.3 Å². The molecule has 5 rings (SSSR count). The summed E-state index contributed by atoms with van der Waals surface area (Å²) >= 11 is 1.71. The fraction of sp³-hybridized carbons (Fsp3) is 0.462. The second-order valence-electron chi connectivity index (χ2n) is 10.7. The zero-order valence-corrected chi connectivity index (χ0v) is 21.0. The van der Waals surface area contributed by atoms with Crippen LogP contribution in [-0.4, -0.2) is 33.7 Å². The Kier molecular flexibility index (Phi) is 5.18. The molecule has 1 fully saturated rings. The standard InChI is InChI=1S/C26H32N4O2S/c1-25(2)12-19(13-26(3,4)28-25)30(6)24-27-23-22(33-24)20-9-7-16(11-18(20)15-32-23)17-8-10-21(31)29(5)14-17/h7-11,14,19,28H,12-13,15H2,1-6H3. The number of piperidine rings is 1. The second kappa shape index (κ2) is 7.71. The molecule has 0 saturated carbocycles. The van der Waals surface area contributed by atoms with Crippen LogP contribution in [-0.2, 0) is 13.7 Å². The summed E-state index contributed by atoms with van der Waals surface area (Å²) in [5.41, 5.74) is 4.59. The van der Waals surface area contributed by atoms with Crippen molar-refractivity contribution in [3.05, 3.63) is 52.4 Å². The normalized spacial score (nSPS) is 18.8. The van der Waals surface area contributed by atoms with Gasteiger partial charge >= 0.3 is 0 Å². The zero-order valence-electron chi connectivity index (χ0n) is 20.2. The Morgan fingerprint density at radius 1 is 1.12 bits per heavy atom. The average Bonchev–Trinajstić information content (AvgIpc) is 3.17. The molecule has 2 aromatic heterocycles. The summed E-state index contributed by atoms with van der Waals surface area (Å²) in [6.07, 6.45) is 4.01. The summed E-state index contributed by atoms with van der Waals surface area (Å²) in [6.45, 7) is 9.63. The number of fused-ring (bicyclic) bond motifs is 3. The van der Waals surface area contributed by atoms with Crippen molar-refractivity contribution in [1.82, 2.24) is 14.9 Å². The number of nitrogens with zero attached hydrogens (tertiary/aromatic N) is 3. The van der Waals surface area contributed by atoms with E-state index in [9.17, 15) is 4.79 Å². The van der Waals surface area contributed by atoms with Crippen LogP contribution in [0.25, 0.3) is 21.6 Å². The fourth-order valence-electron chi connectivity index (χ4n) is 5.44. The number of thiazole rings is 1. The molecule has 0 atom stereocenters. The van der Waals surface area contributed by atoms with Crippen LogP contribution < -0.4 is 20.5 Å². The largest absolute Gasteiger partial charge is 0.472 e. The zero-order chi connectivity index (χ0) is 23.5. The molecule has 1 N–H and O–H groups in total. The van der Waals surface area contributed by atoms with E-state index < -0.39 is 0 Å². The molecule has 1 saturated heterocycles. The maximum Gasteiger partial charge on any atom is 0.250 e. The summed E-state index contributed by atoms with van der Waals surface area (Å²) in [7, 11) is 3.94. The van der Waals surface area contributed by atoms with Crippen molar-refractivity contribution in [2.45, 2.75) is 64.3 Å². The van der Waals surface area contributed by atoms with Crippen LogP contribution in [0.5, 0.6) is 5.88 Å². The third kappa shape index (κ3) is 4.20. The van der Waals surface area contributed by atoms with E-state index >= 15 is 0 Å². The van der Waals surface area contributed by atoms with Gasteiger partial charge in [0.15, 0.2) is 5.13 Å². The van der Waals surface area contributed by atoms with Crippen LogP contribution in [0, 0.1) is 0 Å². The van der Waals surface area contributed by atoms with Crippen molar-refractivity contribution < 1.29 is 4.74 Å². The molecular weight excluding hydrogens is 432 g/mol. The van der Waals surface area contributed by atoms with Crippen LogP contribution >= 0.6 is 11.3 Å². The van der Waals surface area contributed by atoms with Gasteiger partial charge in [-0.15, -0.1) is 0 Å². The lowest BCUT2D eigenvalue weighted by Gasteiger charge is -2.48. The Morgan fingerprint density at radius 2 is 1.82 bits per heavy atom. The molecule has 0 spiro atoms. The van der Waals surface area contributed by atoms with Gasteiger partial charge in [-0.1, -0.05) is 23.5 Å². The van der Waals surface area contributed by atoms with Gasteiger partial charge in [0.1, 0.15) is 11.5 Å². The molecular formula is C26H32N4O2S. The SMILES string of the molecule is CN(c1nc2c(s1)-c1ccc(-c3ccc(=O)n(C)c3)cc1CO2)C1CC(C)(C)NC(C)(C)C1. The number of aromatic nitrogens is 2. The first-order valence-corrected chi connectivity index (χ1v) is 12.3. The minimum atomic E-state index is -0.00786. The van der Waals surface area contributed by atoms with E-state index in [2.05, 4.69) is 63.2 Å². The van der Waals surface area contributed by atoms with E-state index in [0.717, 1.165) is 45.4 Å². The first-order valence-electron chi connectivity index (χ1n) is 11.5. The molecule has 2 aliphatic heterocycles. The molecule has 0 bridgehead atoms. The molecule has 1 aromatic carbocycles. The Hall–Kier alpha value is -2.64. The monoisotopic (exact) mass is 464 g/mol. The van der Waals surface area contributed by atoms with Gasteiger partial charge in [-0.25, -0.2) is 0 Å². The first kappa shape index (κ1) is 22.2. The molecule has 0 radical (unpaired) electrons. The number of benzene rings is 1. The fourth-order valence-corrected chi connectivity index (χ4v) is 6.54. The molecule has 174 valence electrons. The lowest BCUT2D eigenvalue weighted by Crippen LogP contribution is -2.61. The molecule has 33 heavy (non-hydrogen) atoms. The number of nitrogens with one attached hydrogen (secondary N) is 1. The maximum absolute atomic E-state index is 11.7. The summed E-state index contributed by atoms with van der Waals surface area (Å²) in [6, 6.07) is 10.3. The molecule has 2 aliphatic rings. The first-order chi connectivity index (χ1) is 15.5. The highest BCUT2D eigenvalue weighted by Crippen LogP contribution is 2.46. The van der Waals surface area contributed by atoms with Crippen LogP contribution in [0.15, 0.2) is 41.3 Å². The van der Waals surface area contributed by atoms with E-state index in [1.165, 1.54) is 5.56 Å². The summed E-state index contributed by atoms with van der Waals surface area (Å²) in [5.74, 6) is 0.733. The average molecular weight is 465 g/mol. The Bertz CT molecular complexity index is 1260. The Balaban J connectivity index is 1.45. The van der Waals surface area contributed by atoms with Gasteiger partial charge in [0.25, 0.3) is 0 Å². The molecule has 7 heteroatoms. The van der Waals surface area contributed by atoms with Gasteiger partial charge in [0.2, 0.25) is 11.4 Å². The van der Waals surface area contributed by atoms with E-state index in [4.69, 9.17) is 9.72 Å². The molecule has 3 aromatic rings. The lowest BCUT2D eigenvalue weighted by atomic mass is 9.79. The number of pyridine rings is 1. The highest BCUT2D eigenvalue weighted by atomic mass is 32.1. The molecule has 0 aliphatic carbocycles. The Morgan fingerprint density at radius 3 is 2.52 bits per heavy atom. The summed E-state index contributed by atoms with van der Waals surface area (Å²) < 4.78 is 7.70. The number of hydrogen-bond acceptors (Lipinski definition) is 6. The predicted octanol–water partition coefficient (Wildman–Crippen LogP) is 4.81. The van der Waals surface area contributed by atoms with Crippen molar-refractivity contribution in [1.29, 1.82) is 0 Å². The molecule has 0 unspecified atom stereocenters. The van der Waals surface area contributed by atoms with Crippen LogP contribution in [0.3, 0.4) is 0 Å². The van der Waals surface area contributed by atoms with Crippen LogP contribution in [0.4, 0.5) is 5.13 Å². The van der Waals surface area contributed by atoms with Crippen molar-refractivity contribution in [3.63, 3.8) is 0 Å². The van der Waals surface area contributed by atoms with E-state index in [1.54, 1.807) is 29.0 Å². The topological polar surface area (TPSA) is 59.4 Å². The summed E-state index contributed by atoms with van der Waals surface area (Å²) in [4.78, 5) is 20.1. The molecule has 6 nitrogen and oxygen atoms in total. The minimum Gasteiger partial charge on any atom is -0.472 e. The number of aryl methyl sites for hydroxylation is 1. The van der Waals surface area contributed by atoms with Gasteiger partial charge < -0.3 is 19.5 Å². The molecule has 4 heterocycles. The Labute approximate surface area is 199 Å². The van der Waals surface area contributed by atoms with Crippen molar-refractivity contribution in [2.24, 2.45) is 7.05 Å². The van der Waals surface area contributed by atoms with E-state index in [-0.39, 0.29) is 16.6 Å². The van der Waals surface area contributed by atoms with Gasteiger partial charge in [0.05, 0.1) is 0 Å². The predicted molar refractivity (Wildman–Crippen MR) is 135 cm³/mol. The minimum absolute atomic E-state index is 0.00786. The highest BCUT2D eigenvalue weighted by molar-refractivity contribution is 7.19. The van der Waals surface area contributed by atoms with Gasteiger partial charge in [-0.2, -0.15) is 4.98 Å². The smallest absolute Gasteiger partial charge is 0.250 e. The number of hydrogen-bond donors (Lipinski definition) is 1. The van der Waals surface area contributed by atoms with E-state index in [0.29, 0.717) is 12.6 Å². The van der Waals surface area contributed by atoms with Crippen molar-refractivity contribution >= 4 is 16.5 Å². The second-order valence-corrected chi connectivity index (χ2v) is 11.7. The van der Waals surface area contributed by atoms with Gasteiger partial charge in [-0.05, 0) is 69.4 Å². The third-order valence-electron chi connectivity index (χ3n) is 6.74. The van der Waals surface area contributed by atoms with Crippen molar-refractivity contribution in [2.75, 3.05) is 11.9 Å². The van der Waals surface area contributed by atoms with Crippen LogP contribution in [0.1, 0.15) is 46.1 Å². The number of ether oxygens (including phenoxy) is 1. The van der Waals surface area contributed by atoms with Gasteiger partial charge in [-0.3, -0.25) is 4.79 Å². The lowest BCUT2D eigenvalue weighted by molar-refractivity contribution is 0.161. The highest BCUT2D eigenvalue weighted by Gasteiger charge is 2.40. The summed E-state index contributed by atoms with van der Waals surface area (Å²) in [5, 5.41) is 4.78. The molecule has 0 amide bonds. The van der Waals surface area contributed by atoms with Crippen LogP contribution in [0.2, 0.25) is 0 Å². The number of anilines is 1.